The van der Waals surface area contributed by atoms with Crippen molar-refractivity contribution in [1.82, 2.24) is 10.3 Å². The number of allylic oxidation sites excluding steroid dienone is 1. The van der Waals surface area contributed by atoms with E-state index in [1.807, 2.05) is 12.3 Å². The average molecular weight is 276 g/mol. The summed E-state index contributed by atoms with van der Waals surface area (Å²) in [6.45, 7) is 4.00. The van der Waals surface area contributed by atoms with Crippen molar-refractivity contribution in [3.05, 3.63) is 35.7 Å². The molecule has 20 heavy (non-hydrogen) atoms. The van der Waals surface area contributed by atoms with Gasteiger partial charge in [0.05, 0.1) is 19.8 Å². The molecule has 1 aromatic heterocycles. The summed E-state index contributed by atoms with van der Waals surface area (Å²) in [7, 11) is 1.63. The Labute approximate surface area is 121 Å². The molecule has 4 nitrogen and oxygen atoms in total. The molecule has 0 aromatic carbocycles. The van der Waals surface area contributed by atoms with Gasteiger partial charge in [-0.15, -0.1) is 0 Å². The smallest absolute Gasteiger partial charge is 0.212 e. The average Bonchev–Trinajstić information content (AvgIpc) is 2.53. The van der Waals surface area contributed by atoms with Gasteiger partial charge in [-0.05, 0) is 43.9 Å². The summed E-state index contributed by atoms with van der Waals surface area (Å²) in [5.41, 5.74) is 1.19. The Morgan fingerprint density at radius 3 is 2.95 bits per heavy atom. The SMILES string of the molecule is CCCNC(Cc1ccc(OC)nc1)C1=CCCCO1. The molecule has 0 saturated heterocycles. The third kappa shape index (κ3) is 4.23. The minimum Gasteiger partial charge on any atom is -0.497 e. The summed E-state index contributed by atoms with van der Waals surface area (Å²) in [4.78, 5) is 4.27. The Morgan fingerprint density at radius 2 is 2.35 bits per heavy atom. The van der Waals surface area contributed by atoms with Gasteiger partial charge in [0.25, 0.3) is 0 Å². The van der Waals surface area contributed by atoms with Crippen molar-refractivity contribution in [1.29, 1.82) is 0 Å². The number of aromatic nitrogens is 1. The topological polar surface area (TPSA) is 43.4 Å². The van der Waals surface area contributed by atoms with Crippen LogP contribution >= 0.6 is 0 Å². The van der Waals surface area contributed by atoms with Crippen LogP contribution in [-0.2, 0) is 11.2 Å². The molecule has 0 amide bonds. The predicted molar refractivity (Wildman–Crippen MR) is 79.8 cm³/mol. The zero-order valence-electron chi connectivity index (χ0n) is 12.4. The lowest BCUT2D eigenvalue weighted by Gasteiger charge is -2.25. The number of nitrogens with zero attached hydrogens (tertiary/aromatic N) is 1. The highest BCUT2D eigenvalue weighted by Gasteiger charge is 2.18. The van der Waals surface area contributed by atoms with Crippen molar-refractivity contribution < 1.29 is 9.47 Å². The second kappa shape index (κ2) is 7.90. The van der Waals surface area contributed by atoms with Crippen molar-refractivity contribution in [2.24, 2.45) is 0 Å². The Bertz CT molecular complexity index is 429. The van der Waals surface area contributed by atoms with Gasteiger partial charge in [0.15, 0.2) is 0 Å². The Hall–Kier alpha value is -1.55. The van der Waals surface area contributed by atoms with Gasteiger partial charge in [-0.1, -0.05) is 13.0 Å². The van der Waals surface area contributed by atoms with E-state index in [1.54, 1.807) is 7.11 Å². The van der Waals surface area contributed by atoms with Crippen LogP contribution in [0.2, 0.25) is 0 Å². The zero-order chi connectivity index (χ0) is 14.2. The second-order valence-electron chi connectivity index (χ2n) is 5.02. The van der Waals surface area contributed by atoms with Crippen LogP contribution in [0.5, 0.6) is 5.88 Å². The van der Waals surface area contributed by atoms with Crippen LogP contribution in [-0.4, -0.2) is 31.3 Å². The molecule has 0 radical (unpaired) electrons. The first kappa shape index (κ1) is 14.9. The van der Waals surface area contributed by atoms with Crippen LogP contribution in [0, 0.1) is 0 Å². The maximum absolute atomic E-state index is 5.81. The molecule has 1 atom stereocenters. The van der Waals surface area contributed by atoms with Crippen LogP contribution in [0.25, 0.3) is 0 Å². The van der Waals surface area contributed by atoms with Gasteiger partial charge >= 0.3 is 0 Å². The fourth-order valence-electron chi connectivity index (χ4n) is 2.30. The first-order valence-corrected chi connectivity index (χ1v) is 7.38. The molecule has 0 fully saturated rings. The molecule has 1 aliphatic rings. The van der Waals surface area contributed by atoms with Crippen LogP contribution in [0.4, 0.5) is 0 Å². The van der Waals surface area contributed by atoms with Crippen LogP contribution in [0.15, 0.2) is 30.2 Å². The number of rotatable bonds is 7. The summed E-state index contributed by atoms with van der Waals surface area (Å²) in [6.07, 6.45) is 8.33. The van der Waals surface area contributed by atoms with E-state index < -0.39 is 0 Å². The molecule has 0 saturated carbocycles. The van der Waals surface area contributed by atoms with Crippen molar-refractivity contribution in [3.63, 3.8) is 0 Å². The number of methoxy groups -OCH3 is 1. The van der Waals surface area contributed by atoms with Crippen molar-refractivity contribution in [2.45, 2.75) is 38.6 Å². The molecule has 2 rings (SSSR count). The van der Waals surface area contributed by atoms with Crippen LogP contribution in [0.3, 0.4) is 0 Å². The summed E-state index contributed by atoms with van der Waals surface area (Å²) < 4.78 is 10.9. The van der Waals surface area contributed by atoms with Crippen LogP contribution in [0.1, 0.15) is 31.7 Å². The molecular formula is C16H24N2O2. The molecule has 0 aliphatic carbocycles. The maximum atomic E-state index is 5.81. The molecule has 1 aromatic rings. The standard InChI is InChI=1S/C16H24N2O2/c1-3-9-17-14(15-6-4-5-10-20-15)11-13-7-8-16(19-2)18-12-13/h6-8,12,14,17H,3-5,9-11H2,1-2H3. The highest BCUT2D eigenvalue weighted by Crippen LogP contribution is 2.18. The zero-order valence-corrected chi connectivity index (χ0v) is 12.4. The summed E-state index contributed by atoms with van der Waals surface area (Å²) in [6, 6.07) is 4.21. The first-order chi connectivity index (χ1) is 9.83. The van der Waals surface area contributed by atoms with Gasteiger partial charge in [0, 0.05) is 12.3 Å². The number of hydrogen-bond donors (Lipinski definition) is 1. The van der Waals surface area contributed by atoms with Gasteiger partial charge < -0.3 is 14.8 Å². The molecule has 1 aliphatic heterocycles. The fraction of sp³-hybridized carbons (Fsp3) is 0.562. The van der Waals surface area contributed by atoms with E-state index >= 15 is 0 Å². The Morgan fingerprint density at radius 1 is 1.45 bits per heavy atom. The van der Waals surface area contributed by atoms with Gasteiger partial charge in [0.2, 0.25) is 5.88 Å². The lowest BCUT2D eigenvalue weighted by molar-refractivity contribution is 0.167. The highest BCUT2D eigenvalue weighted by molar-refractivity contribution is 5.21. The molecule has 4 heteroatoms. The summed E-state index contributed by atoms with van der Waals surface area (Å²) >= 11 is 0. The quantitative estimate of drug-likeness (QED) is 0.831. The largest absolute Gasteiger partial charge is 0.497 e. The number of ether oxygens (including phenoxy) is 2. The normalized spacial score (nSPS) is 16.2. The predicted octanol–water partition coefficient (Wildman–Crippen LogP) is 2.70. The van der Waals surface area contributed by atoms with Crippen LogP contribution < -0.4 is 10.1 Å². The summed E-state index contributed by atoms with van der Waals surface area (Å²) in [5.74, 6) is 1.74. The first-order valence-electron chi connectivity index (χ1n) is 7.38. The third-order valence-electron chi connectivity index (χ3n) is 3.39. The van der Waals surface area contributed by atoms with E-state index in [-0.39, 0.29) is 6.04 Å². The van der Waals surface area contributed by atoms with Crippen molar-refractivity contribution >= 4 is 0 Å². The Balaban J connectivity index is 2.03. The van der Waals surface area contributed by atoms with Crippen molar-refractivity contribution in [2.75, 3.05) is 20.3 Å². The lowest BCUT2D eigenvalue weighted by atomic mass is 10.0. The molecule has 2 heterocycles. The fourth-order valence-corrected chi connectivity index (χ4v) is 2.30. The van der Waals surface area contributed by atoms with E-state index in [9.17, 15) is 0 Å². The van der Waals surface area contributed by atoms with Gasteiger partial charge in [-0.25, -0.2) is 4.98 Å². The number of pyridine rings is 1. The van der Waals surface area contributed by atoms with Gasteiger partial charge in [0.1, 0.15) is 5.76 Å². The van der Waals surface area contributed by atoms with E-state index in [1.165, 1.54) is 5.56 Å². The minimum absolute atomic E-state index is 0.241. The van der Waals surface area contributed by atoms with E-state index in [0.29, 0.717) is 5.88 Å². The molecule has 1 unspecified atom stereocenters. The minimum atomic E-state index is 0.241. The molecule has 1 N–H and O–H groups in total. The second-order valence-corrected chi connectivity index (χ2v) is 5.02. The van der Waals surface area contributed by atoms with Crippen molar-refractivity contribution in [3.8, 4) is 5.88 Å². The maximum Gasteiger partial charge on any atom is 0.212 e. The van der Waals surface area contributed by atoms with E-state index in [0.717, 1.165) is 44.6 Å². The Kier molecular flexibility index (Phi) is 5.87. The third-order valence-corrected chi connectivity index (χ3v) is 3.39. The summed E-state index contributed by atoms with van der Waals surface area (Å²) in [5, 5.41) is 3.56. The number of nitrogens with one attached hydrogen (secondary N) is 1. The van der Waals surface area contributed by atoms with Gasteiger partial charge in [-0.3, -0.25) is 0 Å². The highest BCUT2D eigenvalue weighted by atomic mass is 16.5. The molecule has 0 spiro atoms. The van der Waals surface area contributed by atoms with E-state index in [4.69, 9.17) is 9.47 Å². The molecular weight excluding hydrogens is 252 g/mol. The van der Waals surface area contributed by atoms with E-state index in [2.05, 4.69) is 29.4 Å². The molecule has 0 bridgehead atoms. The monoisotopic (exact) mass is 276 g/mol. The lowest BCUT2D eigenvalue weighted by Crippen LogP contribution is -2.35. The molecule has 110 valence electrons. The van der Waals surface area contributed by atoms with Gasteiger partial charge in [-0.2, -0.15) is 0 Å². The number of hydrogen-bond acceptors (Lipinski definition) is 4.